The van der Waals surface area contributed by atoms with E-state index in [4.69, 9.17) is 5.73 Å². The number of nitrogens with one attached hydrogen (secondary N) is 1. The molecule has 1 aromatic heterocycles. The van der Waals surface area contributed by atoms with Crippen molar-refractivity contribution in [3.63, 3.8) is 0 Å². The fourth-order valence-corrected chi connectivity index (χ4v) is 3.32. The monoisotopic (exact) mass is 303 g/mol. The zero-order valence-corrected chi connectivity index (χ0v) is 12.4. The number of aromatic nitrogens is 1. The molecule has 0 fully saturated rings. The minimum Gasteiger partial charge on any atom is -0.323 e. The molecule has 2 aromatic rings. The first kappa shape index (κ1) is 15.1. The Bertz CT molecular complexity index is 675. The molecule has 0 amide bonds. The van der Waals surface area contributed by atoms with E-state index < -0.39 is 17.7 Å². The molecule has 0 bridgehead atoms. The Morgan fingerprint density at radius 1 is 1.14 bits per heavy atom. The molecule has 3 nitrogen and oxygen atoms in total. The molecule has 0 radical (unpaired) electrons. The Hall–Kier alpha value is -1.85. The molecule has 3 atom stereocenters. The molecule has 1 aliphatic carbocycles. The maximum absolute atomic E-state index is 14.2. The van der Waals surface area contributed by atoms with Gasteiger partial charge in [0.2, 0.25) is 0 Å². The van der Waals surface area contributed by atoms with E-state index in [-0.39, 0.29) is 12.0 Å². The number of pyridine rings is 1. The van der Waals surface area contributed by atoms with Crippen molar-refractivity contribution in [2.45, 2.75) is 30.8 Å². The van der Waals surface area contributed by atoms with Crippen LogP contribution in [0.3, 0.4) is 0 Å². The number of nitrogens with two attached hydrogens (primary N) is 1. The van der Waals surface area contributed by atoms with E-state index >= 15 is 0 Å². The fourth-order valence-electron chi connectivity index (χ4n) is 3.32. The van der Waals surface area contributed by atoms with Gasteiger partial charge in [-0.15, -0.1) is 0 Å². The van der Waals surface area contributed by atoms with Gasteiger partial charge in [0.05, 0.1) is 5.69 Å². The van der Waals surface area contributed by atoms with Crippen LogP contribution in [0.25, 0.3) is 0 Å². The fraction of sp³-hybridized carbons (Fsp3) is 0.353. The Morgan fingerprint density at radius 3 is 2.68 bits per heavy atom. The number of halogens is 2. The first-order valence-electron chi connectivity index (χ1n) is 7.45. The minimum atomic E-state index is -0.828. The maximum Gasteiger partial charge on any atom is 0.162 e. The zero-order valence-electron chi connectivity index (χ0n) is 12.4. The van der Waals surface area contributed by atoms with Gasteiger partial charge in [-0.1, -0.05) is 18.2 Å². The van der Waals surface area contributed by atoms with Gasteiger partial charge in [-0.3, -0.25) is 4.98 Å². The van der Waals surface area contributed by atoms with Gasteiger partial charge in [0.15, 0.2) is 11.6 Å². The van der Waals surface area contributed by atoms with Gasteiger partial charge in [0, 0.05) is 24.2 Å². The van der Waals surface area contributed by atoms with Gasteiger partial charge in [-0.2, -0.15) is 0 Å². The lowest BCUT2D eigenvalue weighted by Gasteiger charge is -2.23. The Labute approximate surface area is 128 Å². The van der Waals surface area contributed by atoms with Crippen molar-refractivity contribution in [3.05, 3.63) is 65.0 Å². The summed E-state index contributed by atoms with van der Waals surface area (Å²) in [5.74, 6) is -1.89. The molecular formula is C17H19F2N3. The summed E-state index contributed by atoms with van der Waals surface area (Å²) in [6.45, 7) is 0. The van der Waals surface area contributed by atoms with E-state index in [0.29, 0.717) is 12.0 Å². The molecule has 116 valence electrons. The Balaban J connectivity index is 2.07. The summed E-state index contributed by atoms with van der Waals surface area (Å²) in [6, 6.07) is 7.71. The Morgan fingerprint density at radius 2 is 1.91 bits per heavy atom. The van der Waals surface area contributed by atoms with Crippen molar-refractivity contribution in [2.24, 2.45) is 5.73 Å². The third-order valence-electron chi connectivity index (χ3n) is 4.49. The molecule has 1 aromatic carbocycles. The van der Waals surface area contributed by atoms with Crippen molar-refractivity contribution in [3.8, 4) is 0 Å². The smallest absolute Gasteiger partial charge is 0.162 e. The lowest BCUT2D eigenvalue weighted by atomic mass is 9.86. The average molecular weight is 303 g/mol. The molecule has 5 heteroatoms. The summed E-state index contributed by atoms with van der Waals surface area (Å²) in [4.78, 5) is 4.44. The normalized spacial score (nSPS) is 24.6. The predicted octanol–water partition coefficient (Wildman–Crippen LogP) is 3.20. The molecule has 1 aliphatic rings. The molecule has 0 saturated heterocycles. The predicted molar refractivity (Wildman–Crippen MR) is 81.3 cm³/mol. The average Bonchev–Trinajstić information content (AvgIpc) is 2.68. The van der Waals surface area contributed by atoms with Crippen LogP contribution in [-0.2, 0) is 0 Å². The minimum absolute atomic E-state index is 0.0730. The lowest BCUT2D eigenvalue weighted by Crippen LogP contribution is -2.21. The van der Waals surface area contributed by atoms with Gasteiger partial charge < -0.3 is 11.1 Å². The third kappa shape index (κ3) is 2.51. The van der Waals surface area contributed by atoms with Gasteiger partial charge in [-0.25, -0.2) is 8.78 Å². The standard InChI is InChI=1S/C17H19F2N3/c1-21-14-8-7-11(10-4-2-6-13(18)15(10)19)16(20)12-5-3-9-22-17(12)14/h2-6,9,11,14,16,21H,7-8,20H2,1H3. The number of fused-ring (bicyclic) bond motifs is 1. The van der Waals surface area contributed by atoms with Crippen molar-refractivity contribution < 1.29 is 8.78 Å². The number of hydrogen-bond acceptors (Lipinski definition) is 3. The van der Waals surface area contributed by atoms with E-state index in [9.17, 15) is 8.78 Å². The molecule has 3 rings (SSSR count). The molecule has 1 heterocycles. The van der Waals surface area contributed by atoms with E-state index in [1.165, 1.54) is 6.07 Å². The van der Waals surface area contributed by atoms with Crippen LogP contribution >= 0.6 is 0 Å². The number of benzene rings is 1. The molecule has 3 unspecified atom stereocenters. The maximum atomic E-state index is 14.2. The summed E-state index contributed by atoms with van der Waals surface area (Å²) >= 11 is 0. The summed E-state index contributed by atoms with van der Waals surface area (Å²) in [6.07, 6.45) is 3.18. The van der Waals surface area contributed by atoms with E-state index in [1.807, 2.05) is 19.2 Å². The SMILES string of the molecule is CNC1CCC(c2cccc(F)c2F)C(N)c2cccnc21. The molecule has 0 aliphatic heterocycles. The largest absolute Gasteiger partial charge is 0.323 e. The van der Waals surface area contributed by atoms with Crippen molar-refractivity contribution in [2.75, 3.05) is 7.05 Å². The summed E-state index contributed by atoms with van der Waals surface area (Å²) < 4.78 is 27.7. The highest BCUT2D eigenvalue weighted by atomic mass is 19.2. The molecule has 3 N–H and O–H groups in total. The van der Waals surface area contributed by atoms with Crippen LogP contribution in [0, 0.1) is 11.6 Å². The van der Waals surface area contributed by atoms with Crippen LogP contribution in [0.1, 0.15) is 47.7 Å². The van der Waals surface area contributed by atoms with Crippen LogP contribution in [0.5, 0.6) is 0 Å². The van der Waals surface area contributed by atoms with Crippen LogP contribution in [-0.4, -0.2) is 12.0 Å². The summed E-state index contributed by atoms with van der Waals surface area (Å²) in [5, 5.41) is 3.23. The Kier molecular flexibility index (Phi) is 4.18. The molecule has 22 heavy (non-hydrogen) atoms. The van der Waals surface area contributed by atoms with E-state index in [1.54, 1.807) is 12.3 Å². The highest BCUT2D eigenvalue weighted by molar-refractivity contribution is 5.34. The van der Waals surface area contributed by atoms with Crippen molar-refractivity contribution in [1.29, 1.82) is 0 Å². The van der Waals surface area contributed by atoms with Gasteiger partial charge >= 0.3 is 0 Å². The number of rotatable bonds is 2. The summed E-state index contributed by atoms with van der Waals surface area (Å²) in [7, 11) is 1.87. The second kappa shape index (κ2) is 6.10. The van der Waals surface area contributed by atoms with E-state index in [0.717, 1.165) is 23.7 Å². The van der Waals surface area contributed by atoms with Crippen molar-refractivity contribution in [1.82, 2.24) is 10.3 Å². The van der Waals surface area contributed by atoms with Gasteiger partial charge in [-0.05, 0) is 43.1 Å². The zero-order chi connectivity index (χ0) is 15.7. The summed E-state index contributed by atoms with van der Waals surface area (Å²) in [5.41, 5.74) is 8.54. The molecule has 0 spiro atoms. The topological polar surface area (TPSA) is 50.9 Å². The first-order valence-corrected chi connectivity index (χ1v) is 7.45. The van der Waals surface area contributed by atoms with Crippen LogP contribution in [0.2, 0.25) is 0 Å². The highest BCUT2D eigenvalue weighted by Gasteiger charge is 2.32. The first-order chi connectivity index (χ1) is 10.6. The van der Waals surface area contributed by atoms with Gasteiger partial charge in [0.25, 0.3) is 0 Å². The third-order valence-corrected chi connectivity index (χ3v) is 4.49. The van der Waals surface area contributed by atoms with E-state index in [2.05, 4.69) is 10.3 Å². The highest BCUT2D eigenvalue weighted by Crippen LogP contribution is 2.41. The number of hydrogen-bond donors (Lipinski definition) is 2. The van der Waals surface area contributed by atoms with Crippen molar-refractivity contribution >= 4 is 0 Å². The second-order valence-corrected chi connectivity index (χ2v) is 5.67. The quantitative estimate of drug-likeness (QED) is 0.838. The van der Waals surface area contributed by atoms with Crippen LogP contribution in [0.4, 0.5) is 8.78 Å². The van der Waals surface area contributed by atoms with Crippen LogP contribution in [0.15, 0.2) is 36.5 Å². The molecule has 0 saturated carbocycles. The number of nitrogens with zero attached hydrogens (tertiary/aromatic N) is 1. The van der Waals surface area contributed by atoms with Crippen LogP contribution < -0.4 is 11.1 Å². The second-order valence-electron chi connectivity index (χ2n) is 5.67. The lowest BCUT2D eigenvalue weighted by molar-refractivity contribution is 0.440. The van der Waals surface area contributed by atoms with Gasteiger partial charge in [0.1, 0.15) is 0 Å². The molecular weight excluding hydrogens is 284 g/mol.